The number of carbonyl (C=O) groups excluding carboxylic acids is 2. The molecule has 2 N–H and O–H groups in total. The van der Waals surface area contributed by atoms with Crippen LogP contribution in [0.1, 0.15) is 20.7 Å². The van der Waals surface area contributed by atoms with Crippen molar-refractivity contribution in [3.05, 3.63) is 67.7 Å². The summed E-state index contributed by atoms with van der Waals surface area (Å²) in [5.41, 5.74) is 6.59. The summed E-state index contributed by atoms with van der Waals surface area (Å²) < 4.78 is 0. The van der Waals surface area contributed by atoms with E-state index in [1.807, 2.05) is 0 Å². The maximum atomic E-state index is 11.7. The molecule has 0 radical (unpaired) electrons. The molecule has 0 saturated heterocycles. The van der Waals surface area contributed by atoms with Crippen molar-refractivity contribution >= 4 is 34.9 Å². The zero-order chi connectivity index (χ0) is 17.1. The molecule has 0 spiro atoms. The van der Waals surface area contributed by atoms with Crippen molar-refractivity contribution in [3.8, 4) is 11.1 Å². The molecule has 0 aliphatic heterocycles. The number of hydrogen-bond donors (Lipinski definition) is 1. The van der Waals surface area contributed by atoms with Crippen molar-refractivity contribution in [1.82, 2.24) is 0 Å². The third kappa shape index (κ3) is 3.85. The molecule has 0 aromatic heterocycles. The molecule has 0 unspecified atom stereocenters. The number of Topliss-reactive ketones (excluding diaryl/α,β-unsaturated/α-hetero) is 1. The van der Waals surface area contributed by atoms with Gasteiger partial charge >= 0.3 is 0 Å². The van der Waals surface area contributed by atoms with Crippen LogP contribution in [0.25, 0.3) is 11.1 Å². The number of hydrogen-bond acceptors (Lipinski definition) is 4. The predicted molar refractivity (Wildman–Crippen MR) is 86.6 cm³/mol. The van der Waals surface area contributed by atoms with E-state index in [1.54, 1.807) is 6.07 Å². The lowest BCUT2D eigenvalue weighted by atomic mass is 9.97. The monoisotopic (exact) mass is 352 g/mol. The fourth-order valence-corrected chi connectivity index (χ4v) is 2.54. The van der Waals surface area contributed by atoms with Crippen LogP contribution in [0.2, 0.25) is 10.0 Å². The maximum Gasteiger partial charge on any atom is 0.265 e. The lowest BCUT2D eigenvalue weighted by molar-refractivity contribution is -0.465. The van der Waals surface area contributed by atoms with Crippen molar-refractivity contribution in [2.75, 3.05) is 6.54 Å². The van der Waals surface area contributed by atoms with E-state index in [4.69, 9.17) is 28.9 Å². The largest absolute Gasteiger partial charge is 0.366 e. The molecule has 23 heavy (non-hydrogen) atoms. The Morgan fingerprint density at radius 3 is 2.30 bits per heavy atom. The first-order chi connectivity index (χ1) is 10.8. The Hall–Kier alpha value is -2.44. The summed E-state index contributed by atoms with van der Waals surface area (Å²) in [6.07, 6.45) is 0. The quantitative estimate of drug-likeness (QED) is 0.506. The minimum Gasteiger partial charge on any atom is -0.366 e. The van der Waals surface area contributed by atoms with E-state index >= 15 is 0 Å². The molecule has 8 heteroatoms. The molecule has 0 aliphatic rings. The van der Waals surface area contributed by atoms with Crippen molar-refractivity contribution < 1.29 is 14.5 Å². The Bertz CT molecular complexity index is 821. The molecule has 0 bridgehead atoms. The number of benzene rings is 2. The average molecular weight is 353 g/mol. The zero-order valence-corrected chi connectivity index (χ0v) is 13.1. The van der Waals surface area contributed by atoms with Crippen molar-refractivity contribution in [2.45, 2.75) is 0 Å². The van der Waals surface area contributed by atoms with Gasteiger partial charge < -0.3 is 5.73 Å². The Balaban J connectivity index is 2.49. The number of ketones is 1. The third-order valence-electron chi connectivity index (χ3n) is 3.10. The minimum absolute atomic E-state index is 0.0368. The smallest absolute Gasteiger partial charge is 0.265 e. The summed E-state index contributed by atoms with van der Waals surface area (Å²) in [7, 11) is 0. The zero-order valence-electron chi connectivity index (χ0n) is 11.6. The second kappa shape index (κ2) is 6.76. The van der Waals surface area contributed by atoms with Gasteiger partial charge in [-0.25, -0.2) is 0 Å². The van der Waals surface area contributed by atoms with E-state index in [-0.39, 0.29) is 16.1 Å². The van der Waals surface area contributed by atoms with E-state index < -0.39 is 23.2 Å². The van der Waals surface area contributed by atoms with E-state index in [0.29, 0.717) is 16.1 Å². The minimum atomic E-state index is -0.844. The first-order valence-electron chi connectivity index (χ1n) is 6.34. The molecule has 2 aromatic rings. The summed E-state index contributed by atoms with van der Waals surface area (Å²) in [5.74, 6) is -1.34. The molecule has 0 heterocycles. The van der Waals surface area contributed by atoms with Gasteiger partial charge in [0.05, 0.1) is 5.02 Å². The molecule has 2 rings (SSSR count). The van der Waals surface area contributed by atoms with Gasteiger partial charge in [-0.1, -0.05) is 29.3 Å². The van der Waals surface area contributed by atoms with E-state index in [0.717, 1.165) is 0 Å². The van der Waals surface area contributed by atoms with Gasteiger partial charge in [0.1, 0.15) is 0 Å². The fraction of sp³-hybridized carbons (Fsp3) is 0.0667. The molecule has 0 atom stereocenters. The Morgan fingerprint density at radius 1 is 1.09 bits per heavy atom. The summed E-state index contributed by atoms with van der Waals surface area (Å²) >= 11 is 12.0. The molecule has 0 fully saturated rings. The van der Waals surface area contributed by atoms with Gasteiger partial charge in [-0.05, 0) is 41.5 Å². The standard InChI is InChI=1S/C15H10Cl2N2O4/c16-9-2-4-10(15(18)21)12(6-9)8-1-3-11(13(17)5-8)14(20)7-19(22)23/h1-6H,7H2,(H2,18,21). The number of rotatable bonds is 5. The van der Waals surface area contributed by atoms with Gasteiger partial charge in [0, 0.05) is 21.1 Å². The Morgan fingerprint density at radius 2 is 1.74 bits per heavy atom. The van der Waals surface area contributed by atoms with Crippen LogP contribution in [0.15, 0.2) is 36.4 Å². The Labute approximate surface area is 141 Å². The van der Waals surface area contributed by atoms with Crippen LogP contribution in [0.3, 0.4) is 0 Å². The van der Waals surface area contributed by atoms with Crippen LogP contribution in [-0.4, -0.2) is 23.2 Å². The molecule has 2 aromatic carbocycles. The number of halogens is 2. The summed E-state index contributed by atoms with van der Waals surface area (Å²) in [6.45, 7) is -0.844. The molecule has 1 amide bonds. The number of primary amides is 1. The SMILES string of the molecule is NC(=O)c1ccc(Cl)cc1-c1ccc(C(=O)C[N+](=O)[O-])c(Cl)c1. The molecule has 6 nitrogen and oxygen atoms in total. The van der Waals surface area contributed by atoms with Gasteiger partial charge in [-0.3, -0.25) is 19.7 Å². The maximum absolute atomic E-state index is 11.7. The predicted octanol–water partition coefficient (Wildman–Crippen LogP) is 3.22. The van der Waals surface area contributed by atoms with E-state index in [9.17, 15) is 19.7 Å². The fourth-order valence-electron chi connectivity index (χ4n) is 2.08. The topological polar surface area (TPSA) is 103 Å². The van der Waals surface area contributed by atoms with Crippen LogP contribution in [0.4, 0.5) is 0 Å². The van der Waals surface area contributed by atoms with Crippen molar-refractivity contribution in [1.29, 1.82) is 0 Å². The second-order valence-corrected chi connectivity index (χ2v) is 5.51. The summed E-state index contributed by atoms with van der Waals surface area (Å²) in [4.78, 5) is 32.9. The summed E-state index contributed by atoms with van der Waals surface area (Å²) in [6, 6.07) is 8.90. The van der Waals surface area contributed by atoms with Gasteiger partial charge in [0.15, 0.2) is 0 Å². The highest BCUT2D eigenvalue weighted by atomic mass is 35.5. The highest BCUT2D eigenvalue weighted by molar-refractivity contribution is 6.34. The lowest BCUT2D eigenvalue weighted by Crippen LogP contribution is -2.14. The van der Waals surface area contributed by atoms with Crippen LogP contribution in [0, 0.1) is 10.1 Å². The number of amides is 1. The van der Waals surface area contributed by atoms with Gasteiger partial charge in [0.2, 0.25) is 11.7 Å². The van der Waals surface area contributed by atoms with Gasteiger partial charge in [-0.2, -0.15) is 0 Å². The van der Waals surface area contributed by atoms with Crippen LogP contribution < -0.4 is 5.73 Å². The molecular weight excluding hydrogens is 343 g/mol. The molecular formula is C15H10Cl2N2O4. The third-order valence-corrected chi connectivity index (χ3v) is 3.65. The lowest BCUT2D eigenvalue weighted by Gasteiger charge is -2.09. The highest BCUT2D eigenvalue weighted by Crippen LogP contribution is 2.30. The number of nitrogens with zero attached hydrogens (tertiary/aromatic N) is 1. The van der Waals surface area contributed by atoms with Crippen LogP contribution in [-0.2, 0) is 0 Å². The summed E-state index contributed by atoms with van der Waals surface area (Å²) in [5, 5.41) is 10.9. The van der Waals surface area contributed by atoms with Gasteiger partial charge in [0.25, 0.3) is 6.54 Å². The highest BCUT2D eigenvalue weighted by Gasteiger charge is 2.18. The number of nitrogens with two attached hydrogens (primary N) is 1. The first-order valence-corrected chi connectivity index (χ1v) is 7.09. The number of carbonyl (C=O) groups is 2. The number of nitro groups is 1. The Kier molecular flexibility index (Phi) is 4.98. The molecule has 118 valence electrons. The van der Waals surface area contributed by atoms with Crippen molar-refractivity contribution in [2.24, 2.45) is 5.73 Å². The normalized spacial score (nSPS) is 10.3. The van der Waals surface area contributed by atoms with E-state index in [1.165, 1.54) is 30.3 Å². The second-order valence-electron chi connectivity index (χ2n) is 4.66. The first kappa shape index (κ1) is 16.9. The van der Waals surface area contributed by atoms with E-state index in [2.05, 4.69) is 0 Å². The van der Waals surface area contributed by atoms with Crippen LogP contribution in [0.5, 0.6) is 0 Å². The average Bonchev–Trinajstić information content (AvgIpc) is 2.45. The van der Waals surface area contributed by atoms with Gasteiger partial charge in [-0.15, -0.1) is 0 Å². The van der Waals surface area contributed by atoms with Crippen LogP contribution >= 0.6 is 23.2 Å². The van der Waals surface area contributed by atoms with Crippen molar-refractivity contribution in [3.63, 3.8) is 0 Å². The molecule has 0 aliphatic carbocycles. The molecule has 0 saturated carbocycles.